The van der Waals surface area contributed by atoms with Gasteiger partial charge in [0, 0.05) is 13.1 Å². The molecule has 120 valence electrons. The molecular formula is C16H29N3O2. The third-order valence-electron chi connectivity index (χ3n) is 3.80. The van der Waals surface area contributed by atoms with Crippen LogP contribution in [0.3, 0.4) is 0 Å². The van der Waals surface area contributed by atoms with Crippen molar-refractivity contribution in [3.63, 3.8) is 0 Å². The Morgan fingerprint density at radius 1 is 1.14 bits per heavy atom. The van der Waals surface area contributed by atoms with Crippen LogP contribution < -0.4 is 5.32 Å². The van der Waals surface area contributed by atoms with Gasteiger partial charge in [0.1, 0.15) is 11.5 Å². The molecule has 5 nitrogen and oxygen atoms in total. The zero-order valence-electron chi connectivity index (χ0n) is 14.0. The number of nitriles is 1. The fourth-order valence-corrected chi connectivity index (χ4v) is 2.57. The molecule has 1 N–H and O–H groups in total. The number of nitrogens with one attached hydrogen (secondary N) is 1. The number of rotatable bonds is 9. The number of carbonyl (C=O) groups is 2. The van der Waals surface area contributed by atoms with E-state index in [-0.39, 0.29) is 11.8 Å². The molecule has 21 heavy (non-hydrogen) atoms. The average molecular weight is 295 g/mol. The summed E-state index contributed by atoms with van der Waals surface area (Å²) in [5.74, 6) is -0.421. The minimum absolute atomic E-state index is 0.104. The number of nitrogens with zero attached hydrogens (tertiary/aromatic N) is 2. The Morgan fingerprint density at radius 3 is 1.95 bits per heavy atom. The van der Waals surface area contributed by atoms with E-state index in [2.05, 4.69) is 11.4 Å². The molecule has 0 aliphatic heterocycles. The summed E-state index contributed by atoms with van der Waals surface area (Å²) in [5.41, 5.74) is -1.01. The van der Waals surface area contributed by atoms with Gasteiger partial charge in [0.2, 0.25) is 11.8 Å². The highest BCUT2D eigenvalue weighted by atomic mass is 16.2. The van der Waals surface area contributed by atoms with Crippen LogP contribution in [0.25, 0.3) is 0 Å². The molecule has 0 radical (unpaired) electrons. The van der Waals surface area contributed by atoms with Gasteiger partial charge in [-0.25, -0.2) is 0 Å². The molecule has 0 aromatic rings. The van der Waals surface area contributed by atoms with Gasteiger partial charge in [0.15, 0.2) is 0 Å². The summed E-state index contributed by atoms with van der Waals surface area (Å²) < 4.78 is 0. The third-order valence-corrected chi connectivity index (χ3v) is 3.80. The summed E-state index contributed by atoms with van der Waals surface area (Å²) >= 11 is 0. The molecule has 0 aliphatic rings. The maximum atomic E-state index is 12.5. The van der Waals surface area contributed by atoms with Gasteiger partial charge in [-0.3, -0.25) is 9.59 Å². The highest BCUT2D eigenvalue weighted by Crippen LogP contribution is 2.29. The quantitative estimate of drug-likeness (QED) is 0.710. The zero-order valence-corrected chi connectivity index (χ0v) is 14.0. The highest BCUT2D eigenvalue weighted by molar-refractivity contribution is 5.91. The molecule has 0 saturated carbocycles. The maximum absolute atomic E-state index is 12.5. The molecule has 0 spiro atoms. The van der Waals surface area contributed by atoms with Crippen molar-refractivity contribution < 1.29 is 9.59 Å². The molecule has 0 fully saturated rings. The average Bonchev–Trinajstić information content (AvgIpc) is 2.47. The van der Waals surface area contributed by atoms with Gasteiger partial charge in [-0.2, -0.15) is 5.26 Å². The maximum Gasteiger partial charge on any atom is 0.244 e. The van der Waals surface area contributed by atoms with Gasteiger partial charge in [-0.1, -0.05) is 26.7 Å². The lowest BCUT2D eigenvalue weighted by molar-refractivity contribution is -0.138. The van der Waals surface area contributed by atoms with E-state index in [4.69, 9.17) is 0 Å². The van der Waals surface area contributed by atoms with Crippen molar-refractivity contribution >= 4 is 11.8 Å². The lowest BCUT2D eigenvalue weighted by Crippen LogP contribution is -2.51. The normalized spacial score (nSPS) is 12.4. The standard InChI is InChI=1S/C16H29N3O2/c1-6-10-16(12-17,11-7-2)15(21)18-13(5)14(20)19(8-3)9-4/h13H,6-11H2,1-5H3,(H,18,21). The Bertz CT molecular complexity index is 377. The SMILES string of the molecule is CCCC(C#N)(CCC)C(=O)NC(C)C(=O)N(CC)CC. The summed E-state index contributed by atoms with van der Waals surface area (Å²) in [7, 11) is 0. The van der Waals surface area contributed by atoms with Crippen LogP contribution in [0.2, 0.25) is 0 Å². The van der Waals surface area contributed by atoms with Crippen LogP contribution in [-0.4, -0.2) is 35.8 Å². The Balaban J connectivity index is 4.98. The van der Waals surface area contributed by atoms with Crippen LogP contribution in [-0.2, 0) is 9.59 Å². The lowest BCUT2D eigenvalue weighted by atomic mass is 9.79. The van der Waals surface area contributed by atoms with Crippen molar-refractivity contribution in [2.45, 2.75) is 66.3 Å². The molecule has 0 heterocycles. The Kier molecular flexibility index (Phi) is 8.68. The molecule has 0 aromatic heterocycles. The molecule has 5 heteroatoms. The molecule has 1 atom stereocenters. The first-order valence-corrected chi connectivity index (χ1v) is 7.93. The van der Waals surface area contributed by atoms with Crippen LogP contribution in [0.4, 0.5) is 0 Å². The molecule has 2 amide bonds. The molecule has 0 bridgehead atoms. The largest absolute Gasteiger partial charge is 0.343 e. The summed E-state index contributed by atoms with van der Waals surface area (Å²) in [5, 5.41) is 12.2. The van der Waals surface area contributed by atoms with Gasteiger partial charge in [0.25, 0.3) is 0 Å². The summed E-state index contributed by atoms with van der Waals surface area (Å²) in [6, 6.07) is 1.58. The topological polar surface area (TPSA) is 73.2 Å². The van der Waals surface area contributed by atoms with Gasteiger partial charge in [-0.05, 0) is 33.6 Å². The smallest absolute Gasteiger partial charge is 0.244 e. The fourth-order valence-electron chi connectivity index (χ4n) is 2.57. The van der Waals surface area contributed by atoms with Crippen LogP contribution in [0.1, 0.15) is 60.3 Å². The predicted octanol–water partition coefficient (Wildman–Crippen LogP) is 2.47. The van der Waals surface area contributed by atoms with E-state index >= 15 is 0 Å². The molecule has 1 unspecified atom stereocenters. The Labute approximate surface area is 128 Å². The van der Waals surface area contributed by atoms with E-state index in [1.54, 1.807) is 11.8 Å². The van der Waals surface area contributed by atoms with Crippen molar-refractivity contribution in [3.05, 3.63) is 0 Å². The van der Waals surface area contributed by atoms with Crippen LogP contribution in [0, 0.1) is 16.7 Å². The second-order valence-electron chi connectivity index (χ2n) is 5.40. The van der Waals surface area contributed by atoms with Crippen molar-refractivity contribution in [3.8, 4) is 6.07 Å². The summed E-state index contributed by atoms with van der Waals surface area (Å²) in [4.78, 5) is 26.4. The lowest BCUT2D eigenvalue weighted by Gasteiger charge is -2.28. The van der Waals surface area contributed by atoms with Crippen molar-refractivity contribution in [1.29, 1.82) is 5.26 Å². The minimum Gasteiger partial charge on any atom is -0.343 e. The molecule has 0 aliphatic carbocycles. The second-order valence-corrected chi connectivity index (χ2v) is 5.40. The number of carbonyl (C=O) groups excluding carboxylic acids is 2. The van der Waals surface area contributed by atoms with Crippen molar-refractivity contribution in [2.24, 2.45) is 5.41 Å². The van der Waals surface area contributed by atoms with Gasteiger partial charge >= 0.3 is 0 Å². The first kappa shape index (κ1) is 19.4. The first-order chi connectivity index (χ1) is 9.92. The first-order valence-electron chi connectivity index (χ1n) is 7.93. The fraction of sp³-hybridized carbons (Fsp3) is 0.812. The predicted molar refractivity (Wildman–Crippen MR) is 83.4 cm³/mol. The number of hydrogen-bond acceptors (Lipinski definition) is 3. The minimum atomic E-state index is -1.01. The van der Waals surface area contributed by atoms with Gasteiger partial charge in [0.05, 0.1) is 6.07 Å². The number of likely N-dealkylation sites (N-methyl/N-ethyl adjacent to an activating group) is 1. The van der Waals surface area contributed by atoms with Crippen LogP contribution in [0.15, 0.2) is 0 Å². The second kappa shape index (κ2) is 9.38. The van der Waals surface area contributed by atoms with Crippen LogP contribution in [0.5, 0.6) is 0 Å². The molecule has 0 saturated heterocycles. The van der Waals surface area contributed by atoms with E-state index in [9.17, 15) is 14.9 Å². The number of amides is 2. The zero-order chi connectivity index (χ0) is 16.5. The molecular weight excluding hydrogens is 266 g/mol. The third kappa shape index (κ3) is 5.04. The monoisotopic (exact) mass is 295 g/mol. The molecule has 0 rings (SSSR count). The Hall–Kier alpha value is -1.57. The number of hydrogen-bond donors (Lipinski definition) is 1. The van der Waals surface area contributed by atoms with Gasteiger partial charge < -0.3 is 10.2 Å². The van der Waals surface area contributed by atoms with E-state index in [0.717, 1.165) is 12.8 Å². The van der Waals surface area contributed by atoms with E-state index in [1.165, 1.54) is 0 Å². The van der Waals surface area contributed by atoms with Gasteiger partial charge in [-0.15, -0.1) is 0 Å². The summed E-state index contributed by atoms with van der Waals surface area (Å²) in [6.07, 6.45) is 2.57. The highest BCUT2D eigenvalue weighted by Gasteiger charge is 2.38. The van der Waals surface area contributed by atoms with E-state index < -0.39 is 11.5 Å². The van der Waals surface area contributed by atoms with Crippen molar-refractivity contribution in [1.82, 2.24) is 10.2 Å². The van der Waals surface area contributed by atoms with Crippen LogP contribution >= 0.6 is 0 Å². The summed E-state index contributed by atoms with van der Waals surface area (Å²) in [6.45, 7) is 10.6. The van der Waals surface area contributed by atoms with Crippen molar-refractivity contribution in [2.75, 3.05) is 13.1 Å². The van der Waals surface area contributed by atoms with E-state index in [0.29, 0.717) is 25.9 Å². The molecule has 0 aromatic carbocycles. The Morgan fingerprint density at radius 2 is 1.62 bits per heavy atom. The van der Waals surface area contributed by atoms with E-state index in [1.807, 2.05) is 27.7 Å².